The van der Waals surface area contributed by atoms with E-state index in [0.717, 1.165) is 34.2 Å². The summed E-state index contributed by atoms with van der Waals surface area (Å²) in [6.45, 7) is 3.67. The third-order valence-electron chi connectivity index (χ3n) is 4.49. The number of nitrogens with one attached hydrogen (secondary N) is 1. The number of nitrogens with zero attached hydrogens (tertiary/aromatic N) is 1. The highest BCUT2D eigenvalue weighted by Gasteiger charge is 2.19. The Bertz CT molecular complexity index is 1050. The van der Waals surface area contributed by atoms with E-state index in [1.165, 1.54) is 18.1 Å². The number of carbonyl (C=O) groups excluding carboxylic acids is 1. The zero-order valence-electron chi connectivity index (χ0n) is 13.6. The first-order valence-electron chi connectivity index (χ1n) is 8.05. The number of carbonyl (C=O) groups is 1. The summed E-state index contributed by atoms with van der Waals surface area (Å²) >= 11 is 0. The molecule has 0 aliphatic carbocycles. The molecule has 120 valence electrons. The second kappa shape index (κ2) is 5.27. The number of benzene rings is 1. The molecule has 4 rings (SSSR count). The number of pyridine rings is 1. The Labute approximate surface area is 139 Å². The number of aryl methyl sites for hydroxylation is 1. The maximum Gasteiger partial charge on any atom is 0.221 e. The van der Waals surface area contributed by atoms with Crippen molar-refractivity contribution in [1.29, 1.82) is 0 Å². The number of aromatic nitrogens is 1. The van der Waals surface area contributed by atoms with Crippen molar-refractivity contribution in [1.82, 2.24) is 4.40 Å². The number of aromatic hydroxyl groups is 1. The van der Waals surface area contributed by atoms with E-state index in [4.69, 9.17) is 0 Å². The van der Waals surface area contributed by atoms with Gasteiger partial charge in [-0.05, 0) is 53.9 Å². The van der Waals surface area contributed by atoms with Gasteiger partial charge in [0.05, 0.1) is 22.2 Å². The smallest absolute Gasteiger partial charge is 0.221 e. The van der Waals surface area contributed by atoms with E-state index in [1.54, 1.807) is 12.1 Å². The fourth-order valence-corrected chi connectivity index (χ4v) is 3.55. The summed E-state index contributed by atoms with van der Waals surface area (Å²) in [5.41, 5.74) is 7.64. The van der Waals surface area contributed by atoms with Gasteiger partial charge < -0.3 is 14.8 Å². The predicted molar refractivity (Wildman–Crippen MR) is 96.9 cm³/mol. The van der Waals surface area contributed by atoms with Crippen LogP contribution >= 0.6 is 0 Å². The molecule has 4 heteroatoms. The standard InChI is InChI=1S/C20H18N2O2/c1-3-15-17-9-8-16(21-12(2)23)18-10-11-19(22(17)18)20(15)13-4-6-14(24)7-5-13/h4-11,24H,3H2,1-2H3,(H,21,23). The van der Waals surface area contributed by atoms with Gasteiger partial charge in [-0.25, -0.2) is 0 Å². The van der Waals surface area contributed by atoms with Crippen molar-refractivity contribution in [3.05, 3.63) is 54.1 Å². The highest BCUT2D eigenvalue weighted by atomic mass is 16.3. The second-order valence-electron chi connectivity index (χ2n) is 6.01. The molecule has 4 nitrogen and oxygen atoms in total. The quantitative estimate of drug-likeness (QED) is 0.587. The van der Waals surface area contributed by atoms with Gasteiger partial charge in [0.2, 0.25) is 5.91 Å². The van der Waals surface area contributed by atoms with Crippen molar-refractivity contribution < 1.29 is 9.90 Å². The number of hydrogen-bond donors (Lipinski definition) is 2. The molecule has 0 saturated carbocycles. The summed E-state index contributed by atoms with van der Waals surface area (Å²) in [5, 5.41) is 12.5. The highest BCUT2D eigenvalue weighted by Crippen LogP contribution is 2.39. The molecule has 24 heavy (non-hydrogen) atoms. The van der Waals surface area contributed by atoms with Gasteiger partial charge in [0.15, 0.2) is 0 Å². The third kappa shape index (κ3) is 2.03. The average Bonchev–Trinajstić information content (AvgIpc) is 3.12. The van der Waals surface area contributed by atoms with Crippen LogP contribution in [0.4, 0.5) is 5.69 Å². The lowest BCUT2D eigenvalue weighted by Crippen LogP contribution is -2.06. The number of hydrogen-bond acceptors (Lipinski definition) is 2. The summed E-state index contributed by atoms with van der Waals surface area (Å²) < 4.78 is 2.20. The van der Waals surface area contributed by atoms with Gasteiger partial charge in [0.25, 0.3) is 0 Å². The van der Waals surface area contributed by atoms with Gasteiger partial charge in [-0.15, -0.1) is 0 Å². The molecular weight excluding hydrogens is 300 g/mol. The van der Waals surface area contributed by atoms with Gasteiger partial charge in [0.1, 0.15) is 5.75 Å². The lowest BCUT2D eigenvalue weighted by molar-refractivity contribution is -0.114. The van der Waals surface area contributed by atoms with Crippen LogP contribution in [0.15, 0.2) is 48.5 Å². The molecule has 0 radical (unpaired) electrons. The normalized spacial score (nSPS) is 11.4. The molecule has 4 aromatic rings. The van der Waals surface area contributed by atoms with Gasteiger partial charge >= 0.3 is 0 Å². The van der Waals surface area contributed by atoms with Crippen LogP contribution in [-0.4, -0.2) is 15.4 Å². The van der Waals surface area contributed by atoms with Crippen LogP contribution in [0, 0.1) is 0 Å². The fraction of sp³-hybridized carbons (Fsp3) is 0.150. The average molecular weight is 318 g/mol. The largest absolute Gasteiger partial charge is 0.508 e. The molecule has 3 aromatic heterocycles. The topological polar surface area (TPSA) is 53.7 Å². The molecule has 0 aliphatic rings. The van der Waals surface area contributed by atoms with Gasteiger partial charge in [-0.2, -0.15) is 0 Å². The number of phenolic OH excluding ortho intramolecular Hbond substituents is 1. The molecule has 0 spiro atoms. The molecule has 0 bridgehead atoms. The predicted octanol–water partition coefficient (Wildman–Crippen LogP) is 4.42. The third-order valence-corrected chi connectivity index (χ3v) is 4.49. The van der Waals surface area contributed by atoms with Crippen LogP contribution in [0.3, 0.4) is 0 Å². The summed E-state index contributed by atoms with van der Waals surface area (Å²) in [6, 6.07) is 15.5. The van der Waals surface area contributed by atoms with Crippen LogP contribution in [0.25, 0.3) is 27.7 Å². The molecule has 2 N–H and O–H groups in total. The molecule has 0 fully saturated rings. The van der Waals surface area contributed by atoms with E-state index in [9.17, 15) is 9.90 Å². The molecule has 0 atom stereocenters. The fourth-order valence-electron chi connectivity index (χ4n) is 3.55. The molecule has 3 heterocycles. The van der Waals surface area contributed by atoms with E-state index < -0.39 is 0 Å². The van der Waals surface area contributed by atoms with Crippen molar-refractivity contribution in [2.45, 2.75) is 20.3 Å². The Hall–Kier alpha value is -3.01. The van der Waals surface area contributed by atoms with E-state index in [-0.39, 0.29) is 11.7 Å². The monoisotopic (exact) mass is 318 g/mol. The van der Waals surface area contributed by atoms with Crippen LogP contribution in [0.5, 0.6) is 5.75 Å². The first kappa shape index (κ1) is 14.6. The van der Waals surface area contributed by atoms with Gasteiger partial charge in [0, 0.05) is 12.5 Å². The Morgan fingerprint density at radius 3 is 2.33 bits per heavy atom. The van der Waals surface area contributed by atoms with Crippen molar-refractivity contribution in [3.8, 4) is 16.9 Å². The SMILES string of the molecule is CCc1c(-c2ccc(O)cc2)c2ccc3c(NC(C)=O)ccc1n32. The van der Waals surface area contributed by atoms with E-state index in [0.29, 0.717) is 0 Å². The zero-order chi connectivity index (χ0) is 16.8. The Balaban J connectivity index is 2.04. The summed E-state index contributed by atoms with van der Waals surface area (Å²) in [4.78, 5) is 11.4. The minimum absolute atomic E-state index is 0.0749. The number of amides is 1. The van der Waals surface area contributed by atoms with Crippen molar-refractivity contribution >= 4 is 28.1 Å². The number of anilines is 1. The van der Waals surface area contributed by atoms with Gasteiger partial charge in [-0.1, -0.05) is 19.1 Å². The lowest BCUT2D eigenvalue weighted by atomic mass is 10.00. The van der Waals surface area contributed by atoms with Crippen molar-refractivity contribution in [3.63, 3.8) is 0 Å². The Morgan fingerprint density at radius 2 is 1.67 bits per heavy atom. The zero-order valence-corrected chi connectivity index (χ0v) is 13.6. The van der Waals surface area contributed by atoms with Crippen molar-refractivity contribution in [2.24, 2.45) is 0 Å². The maximum absolute atomic E-state index is 11.4. The summed E-state index contributed by atoms with van der Waals surface area (Å²) in [7, 11) is 0. The van der Waals surface area contributed by atoms with E-state index in [1.807, 2.05) is 24.3 Å². The number of phenols is 1. The van der Waals surface area contributed by atoms with E-state index >= 15 is 0 Å². The first-order chi connectivity index (χ1) is 11.6. The molecule has 0 unspecified atom stereocenters. The molecule has 1 amide bonds. The number of rotatable bonds is 3. The molecular formula is C20H18N2O2. The first-order valence-corrected chi connectivity index (χ1v) is 8.05. The Kier molecular flexibility index (Phi) is 3.20. The highest BCUT2D eigenvalue weighted by molar-refractivity contribution is 6.01. The van der Waals surface area contributed by atoms with E-state index in [2.05, 4.69) is 28.8 Å². The van der Waals surface area contributed by atoms with Crippen LogP contribution in [-0.2, 0) is 11.2 Å². The minimum atomic E-state index is -0.0749. The van der Waals surface area contributed by atoms with Crippen LogP contribution in [0.2, 0.25) is 0 Å². The van der Waals surface area contributed by atoms with Crippen molar-refractivity contribution in [2.75, 3.05) is 5.32 Å². The van der Waals surface area contributed by atoms with Crippen LogP contribution < -0.4 is 5.32 Å². The Morgan fingerprint density at radius 1 is 1.00 bits per heavy atom. The minimum Gasteiger partial charge on any atom is -0.508 e. The van der Waals surface area contributed by atoms with Crippen LogP contribution in [0.1, 0.15) is 19.4 Å². The summed E-state index contributed by atoms with van der Waals surface area (Å²) in [5.74, 6) is 0.190. The second-order valence-corrected chi connectivity index (χ2v) is 6.01. The maximum atomic E-state index is 11.4. The lowest BCUT2D eigenvalue weighted by Gasteiger charge is -2.07. The molecule has 0 saturated heterocycles. The van der Waals surface area contributed by atoms with Gasteiger partial charge in [-0.3, -0.25) is 4.79 Å². The molecule has 0 aliphatic heterocycles. The molecule has 1 aromatic carbocycles. The summed E-state index contributed by atoms with van der Waals surface area (Å²) in [6.07, 6.45) is 0.909.